The van der Waals surface area contributed by atoms with Crippen molar-refractivity contribution in [1.82, 2.24) is 5.06 Å². The highest BCUT2D eigenvalue weighted by Crippen LogP contribution is 2.30. The van der Waals surface area contributed by atoms with Crippen LogP contribution in [0, 0.1) is 0 Å². The Labute approximate surface area is 181 Å². The maximum atomic E-state index is 13.0. The first-order valence-electron chi connectivity index (χ1n) is 8.81. The number of carbonyl (C=O) groups is 3. The number of amides is 2. The predicted octanol–water partition coefficient (Wildman–Crippen LogP) is 4.87. The van der Waals surface area contributed by atoms with E-state index in [4.69, 9.17) is 32.8 Å². The van der Waals surface area contributed by atoms with Crippen LogP contribution in [0.1, 0.15) is 32.4 Å². The van der Waals surface area contributed by atoms with Gasteiger partial charge < -0.3 is 9.57 Å². The Morgan fingerprint density at radius 1 is 0.800 bits per heavy atom. The molecule has 0 saturated carbocycles. The number of fused-ring (bicyclic) bond motifs is 1. The zero-order valence-electron chi connectivity index (χ0n) is 15.2. The van der Waals surface area contributed by atoms with E-state index in [0.29, 0.717) is 20.7 Å². The smallest absolute Gasteiger partial charge is 0.377 e. The standard InChI is InChI=1S/C22H13Cl2NO5/c23-14-10-15(24)12-16(11-14)29-19(13-6-2-1-3-7-13)22(28)30-25-20(26)17-8-4-5-9-18(17)21(25)27/h1-12,19H. The van der Waals surface area contributed by atoms with Crippen LogP contribution in [0.2, 0.25) is 10.0 Å². The molecule has 3 aromatic rings. The lowest BCUT2D eigenvalue weighted by molar-refractivity contribution is -0.177. The van der Waals surface area contributed by atoms with E-state index in [9.17, 15) is 14.4 Å². The molecule has 4 rings (SSSR count). The van der Waals surface area contributed by atoms with Crippen molar-refractivity contribution in [3.63, 3.8) is 0 Å². The number of ether oxygens (including phenoxy) is 1. The third kappa shape index (κ3) is 3.87. The molecule has 0 fully saturated rings. The van der Waals surface area contributed by atoms with Crippen molar-refractivity contribution < 1.29 is 24.0 Å². The van der Waals surface area contributed by atoms with Gasteiger partial charge in [0.2, 0.25) is 6.10 Å². The molecule has 3 aromatic carbocycles. The summed E-state index contributed by atoms with van der Waals surface area (Å²) in [6, 6.07) is 19.2. The van der Waals surface area contributed by atoms with Gasteiger partial charge >= 0.3 is 5.97 Å². The molecule has 0 saturated heterocycles. The average Bonchev–Trinajstić information content (AvgIpc) is 2.97. The first kappa shape index (κ1) is 19.9. The average molecular weight is 442 g/mol. The van der Waals surface area contributed by atoms with Crippen molar-refractivity contribution in [3.05, 3.63) is 99.5 Å². The minimum atomic E-state index is -1.27. The van der Waals surface area contributed by atoms with E-state index in [1.54, 1.807) is 42.5 Å². The molecule has 30 heavy (non-hydrogen) atoms. The molecule has 0 aromatic heterocycles. The van der Waals surface area contributed by atoms with E-state index in [0.717, 1.165) is 0 Å². The van der Waals surface area contributed by atoms with Crippen LogP contribution in [-0.2, 0) is 9.63 Å². The molecule has 1 aliphatic rings. The van der Waals surface area contributed by atoms with Crippen molar-refractivity contribution >= 4 is 41.0 Å². The lowest BCUT2D eigenvalue weighted by Gasteiger charge is -2.21. The summed E-state index contributed by atoms with van der Waals surface area (Å²) < 4.78 is 5.79. The summed E-state index contributed by atoms with van der Waals surface area (Å²) in [4.78, 5) is 43.1. The molecule has 0 aliphatic carbocycles. The molecule has 8 heteroatoms. The molecular weight excluding hydrogens is 429 g/mol. The van der Waals surface area contributed by atoms with Gasteiger partial charge in [-0.15, -0.1) is 0 Å². The number of hydrogen-bond acceptors (Lipinski definition) is 5. The Bertz CT molecular complexity index is 1090. The Balaban J connectivity index is 1.62. The fourth-order valence-corrected chi connectivity index (χ4v) is 3.51. The van der Waals surface area contributed by atoms with E-state index in [-0.39, 0.29) is 16.9 Å². The summed E-state index contributed by atoms with van der Waals surface area (Å²) in [7, 11) is 0. The van der Waals surface area contributed by atoms with Gasteiger partial charge in [0.15, 0.2) is 0 Å². The van der Waals surface area contributed by atoms with Crippen molar-refractivity contribution in [2.45, 2.75) is 6.10 Å². The minimum absolute atomic E-state index is 0.161. The highest BCUT2D eigenvalue weighted by molar-refractivity contribution is 6.34. The number of imide groups is 1. The molecule has 1 atom stereocenters. The van der Waals surface area contributed by atoms with E-state index in [1.807, 2.05) is 0 Å². The van der Waals surface area contributed by atoms with Crippen LogP contribution < -0.4 is 4.74 Å². The van der Waals surface area contributed by atoms with Gasteiger partial charge in [-0.25, -0.2) is 4.79 Å². The van der Waals surface area contributed by atoms with Gasteiger partial charge in [0.1, 0.15) is 5.75 Å². The molecule has 0 N–H and O–H groups in total. The second kappa shape index (κ2) is 8.18. The Kier molecular flexibility index (Phi) is 5.44. The van der Waals surface area contributed by atoms with Crippen molar-refractivity contribution in [2.24, 2.45) is 0 Å². The normalized spacial score (nSPS) is 13.7. The summed E-state index contributed by atoms with van der Waals surface area (Å²) in [5.74, 6) is -2.17. The number of halogens is 2. The highest BCUT2D eigenvalue weighted by Gasteiger charge is 2.40. The third-order valence-electron chi connectivity index (χ3n) is 4.34. The van der Waals surface area contributed by atoms with Crippen molar-refractivity contribution in [1.29, 1.82) is 0 Å². The first-order valence-corrected chi connectivity index (χ1v) is 9.57. The van der Waals surface area contributed by atoms with Crippen LogP contribution in [0.3, 0.4) is 0 Å². The van der Waals surface area contributed by atoms with Gasteiger partial charge in [-0.2, -0.15) is 0 Å². The number of carbonyl (C=O) groups excluding carboxylic acids is 3. The van der Waals surface area contributed by atoms with Gasteiger partial charge in [0, 0.05) is 15.6 Å². The Morgan fingerprint density at radius 3 is 1.90 bits per heavy atom. The largest absolute Gasteiger partial charge is 0.474 e. The maximum absolute atomic E-state index is 13.0. The molecule has 1 unspecified atom stereocenters. The zero-order chi connectivity index (χ0) is 21.3. The van der Waals surface area contributed by atoms with Crippen LogP contribution in [0.5, 0.6) is 5.75 Å². The summed E-state index contributed by atoms with van der Waals surface area (Å²) in [5.41, 5.74) is 0.776. The quantitative estimate of drug-likeness (QED) is 0.528. The molecule has 0 radical (unpaired) electrons. The monoisotopic (exact) mass is 441 g/mol. The molecule has 150 valence electrons. The first-order chi connectivity index (χ1) is 14.4. The van der Waals surface area contributed by atoms with Gasteiger partial charge in [0.05, 0.1) is 11.1 Å². The van der Waals surface area contributed by atoms with E-state index in [2.05, 4.69) is 0 Å². The molecule has 1 heterocycles. The van der Waals surface area contributed by atoms with Crippen molar-refractivity contribution in [3.8, 4) is 5.75 Å². The Hall–Kier alpha value is -3.35. The lowest BCUT2D eigenvalue weighted by Crippen LogP contribution is -2.35. The number of nitrogens with zero attached hydrogens (tertiary/aromatic N) is 1. The van der Waals surface area contributed by atoms with Crippen LogP contribution >= 0.6 is 23.2 Å². The van der Waals surface area contributed by atoms with E-state index >= 15 is 0 Å². The van der Waals surface area contributed by atoms with Gasteiger partial charge in [-0.3, -0.25) is 9.59 Å². The number of hydroxylamine groups is 2. The minimum Gasteiger partial charge on any atom is -0.474 e. The number of hydrogen-bond donors (Lipinski definition) is 0. The van der Waals surface area contributed by atoms with Gasteiger partial charge in [-0.1, -0.05) is 70.7 Å². The van der Waals surface area contributed by atoms with Crippen LogP contribution in [0.4, 0.5) is 0 Å². The fraction of sp³-hybridized carbons (Fsp3) is 0.0455. The van der Waals surface area contributed by atoms with Crippen LogP contribution in [-0.4, -0.2) is 22.8 Å². The van der Waals surface area contributed by atoms with Gasteiger partial charge in [0.25, 0.3) is 11.8 Å². The lowest BCUT2D eigenvalue weighted by atomic mass is 10.1. The second-order valence-electron chi connectivity index (χ2n) is 6.37. The summed E-state index contributed by atoms with van der Waals surface area (Å²) in [6.07, 6.45) is -1.27. The van der Waals surface area contributed by atoms with Crippen molar-refractivity contribution in [2.75, 3.05) is 0 Å². The number of rotatable bonds is 5. The Morgan fingerprint density at radius 2 is 1.33 bits per heavy atom. The summed E-state index contributed by atoms with van der Waals surface area (Å²) in [5, 5.41) is 1.08. The topological polar surface area (TPSA) is 72.9 Å². The predicted molar refractivity (Wildman–Crippen MR) is 109 cm³/mol. The summed E-state index contributed by atoms with van der Waals surface area (Å²) in [6.45, 7) is 0. The molecule has 2 amide bonds. The maximum Gasteiger partial charge on any atom is 0.377 e. The molecule has 0 spiro atoms. The molecular formula is C22H13Cl2NO5. The molecule has 0 bridgehead atoms. The van der Waals surface area contributed by atoms with E-state index in [1.165, 1.54) is 30.3 Å². The fourth-order valence-electron chi connectivity index (χ4n) is 3.00. The van der Waals surface area contributed by atoms with Gasteiger partial charge in [-0.05, 0) is 30.3 Å². The van der Waals surface area contributed by atoms with E-state index < -0.39 is 23.9 Å². The molecule has 6 nitrogen and oxygen atoms in total. The number of benzene rings is 3. The molecule has 1 aliphatic heterocycles. The summed E-state index contributed by atoms with van der Waals surface area (Å²) >= 11 is 12.0. The third-order valence-corrected chi connectivity index (χ3v) is 4.78. The second-order valence-corrected chi connectivity index (χ2v) is 7.25. The zero-order valence-corrected chi connectivity index (χ0v) is 16.8. The SMILES string of the molecule is O=C(ON1C(=O)c2ccccc2C1=O)C(Oc1cc(Cl)cc(Cl)c1)c1ccccc1. The van der Waals surface area contributed by atoms with Crippen LogP contribution in [0.15, 0.2) is 72.8 Å². The van der Waals surface area contributed by atoms with Crippen LogP contribution in [0.25, 0.3) is 0 Å². The highest BCUT2D eigenvalue weighted by atomic mass is 35.5.